The maximum absolute atomic E-state index is 12.6. The lowest BCUT2D eigenvalue weighted by Crippen LogP contribution is -2.10. The summed E-state index contributed by atoms with van der Waals surface area (Å²) in [4.78, 5) is 23.1. The number of ether oxygens (including phenoxy) is 1. The summed E-state index contributed by atoms with van der Waals surface area (Å²) in [7, 11) is 0. The van der Waals surface area contributed by atoms with Crippen LogP contribution in [0.1, 0.15) is 27.0 Å². The van der Waals surface area contributed by atoms with Gasteiger partial charge in [-0.3, -0.25) is 4.79 Å². The Labute approximate surface area is 122 Å². The van der Waals surface area contributed by atoms with Crippen LogP contribution < -0.4 is 4.74 Å². The van der Waals surface area contributed by atoms with Gasteiger partial charge in [0.25, 0.3) is 0 Å². The molecule has 106 valence electrons. The summed E-state index contributed by atoms with van der Waals surface area (Å²) in [6, 6.07) is 12.8. The van der Waals surface area contributed by atoms with Crippen molar-refractivity contribution < 1.29 is 19.4 Å². The average molecular weight is 282 g/mol. The van der Waals surface area contributed by atoms with Gasteiger partial charge in [0.1, 0.15) is 5.75 Å². The van der Waals surface area contributed by atoms with Crippen molar-refractivity contribution in [1.29, 1.82) is 0 Å². The lowest BCUT2D eigenvalue weighted by molar-refractivity contribution is -0.139. The standard InChI is InChI=1S/C17H14O4/c18-16(19)10-21-13-7-8-15-12(9-13)6-5-11-3-1-2-4-14(11)17(15)20/h1-4,7-9H,5-6,10H2,(H,18,19). The molecule has 0 aliphatic heterocycles. The maximum Gasteiger partial charge on any atom is 0.341 e. The molecule has 4 nitrogen and oxygen atoms in total. The van der Waals surface area contributed by atoms with Gasteiger partial charge < -0.3 is 9.84 Å². The van der Waals surface area contributed by atoms with Crippen molar-refractivity contribution in [2.24, 2.45) is 0 Å². The molecule has 0 spiro atoms. The molecule has 0 atom stereocenters. The Morgan fingerprint density at radius 3 is 2.57 bits per heavy atom. The minimum atomic E-state index is -1.02. The molecule has 1 aliphatic rings. The first-order valence-corrected chi connectivity index (χ1v) is 6.75. The minimum absolute atomic E-state index is 0.0166. The number of benzene rings is 2. The van der Waals surface area contributed by atoms with Crippen molar-refractivity contribution in [1.82, 2.24) is 0 Å². The van der Waals surface area contributed by atoms with Gasteiger partial charge in [-0.2, -0.15) is 0 Å². The van der Waals surface area contributed by atoms with Gasteiger partial charge in [0.05, 0.1) is 0 Å². The number of ketones is 1. The molecule has 0 saturated carbocycles. The zero-order chi connectivity index (χ0) is 14.8. The van der Waals surface area contributed by atoms with Gasteiger partial charge in [-0.1, -0.05) is 24.3 Å². The molecule has 2 aromatic rings. The highest BCUT2D eigenvalue weighted by atomic mass is 16.5. The molecule has 2 aromatic carbocycles. The summed E-state index contributed by atoms with van der Waals surface area (Å²) in [5, 5.41) is 8.64. The molecule has 0 unspecified atom stereocenters. The largest absolute Gasteiger partial charge is 0.482 e. The smallest absolute Gasteiger partial charge is 0.341 e. The molecule has 21 heavy (non-hydrogen) atoms. The van der Waals surface area contributed by atoms with E-state index in [4.69, 9.17) is 9.84 Å². The number of carboxylic acid groups (broad SMARTS) is 1. The van der Waals surface area contributed by atoms with Crippen LogP contribution in [0.25, 0.3) is 0 Å². The molecular weight excluding hydrogens is 268 g/mol. The Kier molecular flexibility index (Phi) is 3.44. The van der Waals surface area contributed by atoms with Crippen LogP contribution in [-0.4, -0.2) is 23.5 Å². The monoisotopic (exact) mass is 282 g/mol. The topological polar surface area (TPSA) is 63.6 Å². The molecule has 0 bridgehead atoms. The van der Waals surface area contributed by atoms with Gasteiger partial charge >= 0.3 is 5.97 Å². The van der Waals surface area contributed by atoms with Crippen molar-refractivity contribution in [2.45, 2.75) is 12.8 Å². The van der Waals surface area contributed by atoms with Crippen molar-refractivity contribution in [2.75, 3.05) is 6.61 Å². The van der Waals surface area contributed by atoms with Crippen LogP contribution in [0, 0.1) is 0 Å². The van der Waals surface area contributed by atoms with Gasteiger partial charge in [0.15, 0.2) is 12.4 Å². The van der Waals surface area contributed by atoms with Crippen LogP contribution in [0.2, 0.25) is 0 Å². The van der Waals surface area contributed by atoms with Gasteiger partial charge in [0.2, 0.25) is 0 Å². The number of carbonyl (C=O) groups is 2. The third-order valence-electron chi connectivity index (χ3n) is 3.61. The summed E-state index contributed by atoms with van der Waals surface area (Å²) in [6.45, 7) is -0.382. The highest BCUT2D eigenvalue weighted by Gasteiger charge is 2.21. The molecule has 0 fully saturated rings. The third-order valence-corrected chi connectivity index (χ3v) is 3.61. The summed E-state index contributed by atoms with van der Waals surface area (Å²) in [5.41, 5.74) is 3.36. The number of rotatable bonds is 3. The fourth-order valence-electron chi connectivity index (χ4n) is 2.61. The van der Waals surface area contributed by atoms with Gasteiger partial charge in [-0.25, -0.2) is 4.79 Å². The number of hydrogen-bond donors (Lipinski definition) is 1. The van der Waals surface area contributed by atoms with Gasteiger partial charge in [-0.15, -0.1) is 0 Å². The molecule has 1 aliphatic carbocycles. The van der Waals surface area contributed by atoms with Crippen LogP contribution in [0.15, 0.2) is 42.5 Å². The molecule has 4 heteroatoms. The Morgan fingerprint density at radius 1 is 1.05 bits per heavy atom. The number of fused-ring (bicyclic) bond motifs is 2. The Balaban J connectivity index is 1.95. The first-order valence-electron chi connectivity index (χ1n) is 6.75. The second-order valence-corrected chi connectivity index (χ2v) is 4.99. The zero-order valence-electron chi connectivity index (χ0n) is 11.3. The van der Waals surface area contributed by atoms with E-state index in [-0.39, 0.29) is 12.4 Å². The lowest BCUT2D eigenvalue weighted by atomic mass is 9.99. The SMILES string of the molecule is O=C(O)COc1ccc2c(c1)CCc1ccccc1C2=O. The van der Waals surface area contributed by atoms with E-state index in [1.165, 1.54) is 0 Å². The first-order chi connectivity index (χ1) is 10.1. The fourth-order valence-corrected chi connectivity index (χ4v) is 2.61. The summed E-state index contributed by atoms with van der Waals surface area (Å²) < 4.78 is 5.18. The van der Waals surface area contributed by atoms with Crippen LogP contribution in [0.4, 0.5) is 0 Å². The van der Waals surface area contributed by atoms with Crippen LogP contribution in [-0.2, 0) is 17.6 Å². The van der Waals surface area contributed by atoms with Gasteiger partial charge in [-0.05, 0) is 42.2 Å². The summed E-state index contributed by atoms with van der Waals surface area (Å²) in [5.74, 6) is -0.522. The number of carbonyl (C=O) groups excluding carboxylic acids is 1. The Morgan fingerprint density at radius 2 is 1.76 bits per heavy atom. The van der Waals surface area contributed by atoms with E-state index in [2.05, 4.69) is 0 Å². The lowest BCUT2D eigenvalue weighted by Gasteiger charge is -2.08. The van der Waals surface area contributed by atoms with E-state index in [0.29, 0.717) is 11.3 Å². The number of aryl methyl sites for hydroxylation is 2. The predicted molar refractivity (Wildman–Crippen MR) is 76.9 cm³/mol. The molecule has 0 saturated heterocycles. The van der Waals surface area contributed by atoms with Crippen LogP contribution in [0.5, 0.6) is 5.75 Å². The second kappa shape index (κ2) is 5.40. The number of hydrogen-bond acceptors (Lipinski definition) is 3. The van der Waals surface area contributed by atoms with E-state index in [9.17, 15) is 9.59 Å². The highest BCUT2D eigenvalue weighted by Crippen LogP contribution is 2.27. The molecule has 0 aromatic heterocycles. The highest BCUT2D eigenvalue weighted by molar-refractivity contribution is 6.11. The number of aliphatic carboxylic acids is 1. The molecule has 1 N–H and O–H groups in total. The molecule has 0 amide bonds. The van der Waals surface area contributed by atoms with E-state index in [1.54, 1.807) is 18.2 Å². The van der Waals surface area contributed by atoms with E-state index in [1.807, 2.05) is 24.3 Å². The van der Waals surface area contributed by atoms with Gasteiger partial charge in [0, 0.05) is 11.1 Å². The molecular formula is C17H14O4. The van der Waals surface area contributed by atoms with Crippen LogP contribution >= 0.6 is 0 Å². The van der Waals surface area contributed by atoms with Crippen molar-refractivity contribution in [3.05, 3.63) is 64.7 Å². The van der Waals surface area contributed by atoms with Crippen LogP contribution in [0.3, 0.4) is 0 Å². The normalized spacial score (nSPS) is 13.0. The van der Waals surface area contributed by atoms with E-state index >= 15 is 0 Å². The quantitative estimate of drug-likeness (QED) is 0.939. The average Bonchev–Trinajstić information content (AvgIpc) is 2.63. The fraction of sp³-hybridized carbons (Fsp3) is 0.176. The predicted octanol–water partition coefficient (Wildman–Crippen LogP) is 2.48. The minimum Gasteiger partial charge on any atom is -0.482 e. The van der Waals surface area contributed by atoms with E-state index < -0.39 is 5.97 Å². The van der Waals surface area contributed by atoms with Crippen molar-refractivity contribution >= 4 is 11.8 Å². The first kappa shape index (κ1) is 13.4. The molecule has 3 rings (SSSR count). The second-order valence-electron chi connectivity index (χ2n) is 4.99. The Bertz CT molecular complexity index is 718. The number of carboxylic acids is 1. The van der Waals surface area contributed by atoms with E-state index in [0.717, 1.165) is 29.5 Å². The Hall–Kier alpha value is -2.62. The molecule has 0 heterocycles. The van der Waals surface area contributed by atoms with Crippen molar-refractivity contribution in [3.63, 3.8) is 0 Å². The summed E-state index contributed by atoms with van der Waals surface area (Å²) >= 11 is 0. The van der Waals surface area contributed by atoms with Crippen molar-refractivity contribution in [3.8, 4) is 5.75 Å². The molecule has 0 radical (unpaired) electrons. The zero-order valence-corrected chi connectivity index (χ0v) is 11.3. The third kappa shape index (κ3) is 2.65. The summed E-state index contributed by atoms with van der Waals surface area (Å²) in [6.07, 6.45) is 1.53. The maximum atomic E-state index is 12.6.